The maximum atomic E-state index is 14.3. The quantitative estimate of drug-likeness (QED) is 0.810. The number of rotatable bonds is 5. The molecule has 0 aliphatic heterocycles. The number of halogens is 3. The number of aliphatic carboxylic acids is 2. The minimum Gasteiger partial charge on any atom is -0.481 e. The van der Waals surface area contributed by atoms with Gasteiger partial charge in [0, 0.05) is 12.8 Å². The number of hydrogen-bond acceptors (Lipinski definition) is 3. The third kappa shape index (κ3) is 3.00. The zero-order valence-electron chi connectivity index (χ0n) is 8.86. The first kappa shape index (κ1) is 14.5. The predicted octanol–water partition coefficient (Wildman–Crippen LogP) is 2.10. The van der Waals surface area contributed by atoms with E-state index in [1.165, 1.54) is 0 Å². The second-order valence-electron chi connectivity index (χ2n) is 3.47. The van der Waals surface area contributed by atoms with E-state index in [4.69, 9.17) is 10.2 Å². The van der Waals surface area contributed by atoms with Crippen molar-refractivity contribution in [3.05, 3.63) is 28.2 Å². The van der Waals surface area contributed by atoms with Crippen LogP contribution in [0.2, 0.25) is 0 Å². The molecule has 1 unspecified atom stereocenters. The number of carboxylic acids is 2. The molecule has 18 heavy (non-hydrogen) atoms. The van der Waals surface area contributed by atoms with Crippen LogP contribution in [0.25, 0.3) is 0 Å². The second kappa shape index (κ2) is 5.38. The molecule has 8 heteroatoms. The average molecular weight is 324 g/mol. The maximum Gasteiger partial charge on any atom is 0.347 e. The molecule has 0 bridgehead atoms. The van der Waals surface area contributed by atoms with Gasteiger partial charge in [0.1, 0.15) is 4.60 Å². The Labute approximate surface area is 109 Å². The number of nitrogens with zero attached hydrogens (tertiary/aromatic N) is 1. The fourth-order valence-corrected chi connectivity index (χ4v) is 1.58. The van der Waals surface area contributed by atoms with Gasteiger partial charge in [-0.05, 0) is 28.1 Å². The molecule has 0 amide bonds. The monoisotopic (exact) mass is 323 g/mol. The summed E-state index contributed by atoms with van der Waals surface area (Å²) in [4.78, 5) is 24.7. The average Bonchev–Trinajstić information content (AvgIpc) is 2.29. The number of carboxylic acid groups (broad SMARTS) is 2. The number of alkyl halides is 1. The van der Waals surface area contributed by atoms with E-state index in [-0.39, 0.29) is 4.60 Å². The molecule has 1 aromatic rings. The fourth-order valence-electron chi connectivity index (χ4n) is 1.26. The Hall–Kier alpha value is -1.57. The summed E-state index contributed by atoms with van der Waals surface area (Å²) in [7, 11) is 0. The van der Waals surface area contributed by atoms with Crippen molar-refractivity contribution in [3.63, 3.8) is 0 Å². The lowest BCUT2D eigenvalue weighted by Crippen LogP contribution is -2.32. The second-order valence-corrected chi connectivity index (χ2v) is 4.22. The van der Waals surface area contributed by atoms with E-state index in [9.17, 15) is 18.4 Å². The normalized spacial score (nSPS) is 13.9. The highest BCUT2D eigenvalue weighted by Crippen LogP contribution is 2.31. The van der Waals surface area contributed by atoms with Gasteiger partial charge in [0.15, 0.2) is 5.82 Å². The van der Waals surface area contributed by atoms with Gasteiger partial charge in [-0.15, -0.1) is 0 Å². The van der Waals surface area contributed by atoms with E-state index >= 15 is 0 Å². The van der Waals surface area contributed by atoms with Crippen LogP contribution in [0, 0.1) is 5.82 Å². The largest absolute Gasteiger partial charge is 0.481 e. The van der Waals surface area contributed by atoms with E-state index in [0.29, 0.717) is 0 Å². The van der Waals surface area contributed by atoms with Crippen molar-refractivity contribution >= 4 is 27.9 Å². The Bertz CT molecular complexity index is 497. The summed E-state index contributed by atoms with van der Waals surface area (Å²) >= 11 is 2.71. The molecule has 0 aromatic carbocycles. The molecule has 1 atom stereocenters. The molecule has 98 valence electrons. The molecule has 2 N–H and O–H groups in total. The summed E-state index contributed by atoms with van der Waals surface area (Å²) in [5, 5.41) is 17.3. The zero-order chi connectivity index (χ0) is 13.9. The van der Waals surface area contributed by atoms with Gasteiger partial charge in [0.25, 0.3) is 0 Å². The molecule has 1 aromatic heterocycles. The van der Waals surface area contributed by atoms with Gasteiger partial charge in [0.05, 0.1) is 5.69 Å². The Morgan fingerprint density at radius 3 is 2.44 bits per heavy atom. The first-order valence-corrected chi connectivity index (χ1v) is 5.53. The number of carbonyl (C=O) groups is 2. The first-order chi connectivity index (χ1) is 8.27. The summed E-state index contributed by atoms with van der Waals surface area (Å²) in [6.45, 7) is 0. The lowest BCUT2D eigenvalue weighted by atomic mass is 9.95. The summed E-state index contributed by atoms with van der Waals surface area (Å²) in [6.07, 6.45) is -1.47. The number of pyridine rings is 1. The van der Waals surface area contributed by atoms with Gasteiger partial charge >= 0.3 is 11.9 Å². The molecule has 0 spiro atoms. The SMILES string of the molecule is O=C(O)CCC(F)(C(=O)O)c1ccc(F)c(Br)n1. The Morgan fingerprint density at radius 1 is 1.39 bits per heavy atom. The third-order valence-electron chi connectivity index (χ3n) is 2.23. The highest BCUT2D eigenvalue weighted by Gasteiger charge is 2.42. The first-order valence-electron chi connectivity index (χ1n) is 4.74. The molecule has 0 aliphatic rings. The van der Waals surface area contributed by atoms with Crippen LogP contribution in [0.15, 0.2) is 16.7 Å². The van der Waals surface area contributed by atoms with Gasteiger partial charge in [-0.1, -0.05) is 0 Å². The van der Waals surface area contributed by atoms with Crippen molar-refractivity contribution in [2.75, 3.05) is 0 Å². The minimum absolute atomic E-state index is 0.335. The van der Waals surface area contributed by atoms with Crippen LogP contribution in [0.5, 0.6) is 0 Å². The van der Waals surface area contributed by atoms with E-state index < -0.39 is 42.0 Å². The van der Waals surface area contributed by atoms with Crippen LogP contribution < -0.4 is 0 Å². The molecule has 0 aliphatic carbocycles. The van der Waals surface area contributed by atoms with Crippen molar-refractivity contribution in [2.45, 2.75) is 18.5 Å². The Kier molecular flexibility index (Phi) is 4.33. The van der Waals surface area contributed by atoms with E-state index in [2.05, 4.69) is 20.9 Å². The van der Waals surface area contributed by atoms with E-state index in [1.807, 2.05) is 0 Å². The molecule has 1 rings (SSSR count). The smallest absolute Gasteiger partial charge is 0.347 e. The highest BCUT2D eigenvalue weighted by atomic mass is 79.9. The summed E-state index contributed by atoms with van der Waals surface area (Å²) in [5.41, 5.74) is -3.52. The number of aromatic nitrogens is 1. The van der Waals surface area contributed by atoms with Crippen molar-refractivity contribution in [2.24, 2.45) is 0 Å². The number of hydrogen-bond donors (Lipinski definition) is 2. The van der Waals surface area contributed by atoms with Gasteiger partial charge in [-0.25, -0.2) is 18.6 Å². The van der Waals surface area contributed by atoms with Gasteiger partial charge < -0.3 is 10.2 Å². The van der Waals surface area contributed by atoms with Gasteiger partial charge in [-0.2, -0.15) is 0 Å². The van der Waals surface area contributed by atoms with Crippen LogP contribution in [0.3, 0.4) is 0 Å². The van der Waals surface area contributed by atoms with Crippen LogP contribution in [0.4, 0.5) is 8.78 Å². The topological polar surface area (TPSA) is 87.5 Å². The van der Waals surface area contributed by atoms with Crippen molar-refractivity contribution in [1.29, 1.82) is 0 Å². The standard InChI is InChI=1S/C10H8BrF2NO4/c11-8-5(12)1-2-6(14-8)10(13,9(17)18)4-3-7(15)16/h1-2H,3-4H2,(H,15,16)(H,17,18). The van der Waals surface area contributed by atoms with Crippen molar-refractivity contribution < 1.29 is 28.6 Å². The van der Waals surface area contributed by atoms with Crippen LogP contribution in [-0.4, -0.2) is 27.1 Å². The summed E-state index contributed by atoms with van der Waals surface area (Å²) < 4.78 is 26.8. The maximum absolute atomic E-state index is 14.3. The van der Waals surface area contributed by atoms with Crippen LogP contribution in [0.1, 0.15) is 18.5 Å². The van der Waals surface area contributed by atoms with E-state index in [1.54, 1.807) is 0 Å². The lowest BCUT2D eigenvalue weighted by molar-refractivity contribution is -0.153. The molecule has 5 nitrogen and oxygen atoms in total. The van der Waals surface area contributed by atoms with Gasteiger partial charge in [0.2, 0.25) is 5.67 Å². The minimum atomic E-state index is -2.96. The molecule has 0 saturated carbocycles. The fraction of sp³-hybridized carbons (Fsp3) is 0.300. The van der Waals surface area contributed by atoms with E-state index in [0.717, 1.165) is 12.1 Å². The third-order valence-corrected chi connectivity index (χ3v) is 2.79. The summed E-state index contributed by atoms with van der Waals surface area (Å²) in [5.74, 6) is -3.97. The molecule has 0 radical (unpaired) electrons. The van der Waals surface area contributed by atoms with Gasteiger partial charge in [-0.3, -0.25) is 4.79 Å². The molecular formula is C10H8BrF2NO4. The van der Waals surface area contributed by atoms with Crippen LogP contribution >= 0.6 is 15.9 Å². The van der Waals surface area contributed by atoms with Crippen molar-refractivity contribution in [1.82, 2.24) is 4.98 Å². The molecule has 1 heterocycles. The Balaban J connectivity index is 3.14. The molecule has 0 saturated heterocycles. The highest BCUT2D eigenvalue weighted by molar-refractivity contribution is 9.10. The predicted molar refractivity (Wildman–Crippen MR) is 59.2 cm³/mol. The van der Waals surface area contributed by atoms with Crippen LogP contribution in [-0.2, 0) is 15.3 Å². The van der Waals surface area contributed by atoms with Crippen molar-refractivity contribution in [3.8, 4) is 0 Å². The Morgan fingerprint density at radius 2 is 2.00 bits per heavy atom. The summed E-state index contributed by atoms with van der Waals surface area (Å²) in [6, 6.07) is 1.72. The zero-order valence-corrected chi connectivity index (χ0v) is 10.4. The lowest BCUT2D eigenvalue weighted by Gasteiger charge is -2.19. The molecular weight excluding hydrogens is 316 g/mol. The molecule has 0 fully saturated rings.